The van der Waals surface area contributed by atoms with Crippen LogP contribution in [0.3, 0.4) is 0 Å². The first-order valence-electron chi connectivity index (χ1n) is 5.10. The molecule has 0 aliphatic heterocycles. The zero-order chi connectivity index (χ0) is 11.8. The topological polar surface area (TPSA) is 0 Å². The molecule has 1 heterocycles. The van der Waals surface area contributed by atoms with Crippen molar-refractivity contribution in [2.45, 2.75) is 0 Å². The van der Waals surface area contributed by atoms with E-state index in [4.69, 9.17) is 11.6 Å². The Morgan fingerprint density at radius 2 is 1.82 bits per heavy atom. The normalized spacial score (nSPS) is 10.9. The van der Waals surface area contributed by atoms with Gasteiger partial charge in [0.05, 0.1) is 9.72 Å². The highest BCUT2D eigenvalue weighted by Gasteiger charge is 2.07. The Morgan fingerprint density at radius 3 is 2.59 bits per heavy atom. The number of rotatable bonds is 1. The Hall–Kier alpha value is -1.38. The number of hydrogen-bond acceptors (Lipinski definition) is 1. The molecular formula is C14H7ClFS. The van der Waals surface area contributed by atoms with Crippen molar-refractivity contribution in [3.63, 3.8) is 0 Å². The van der Waals surface area contributed by atoms with Crippen LogP contribution in [0.5, 0.6) is 0 Å². The third kappa shape index (κ3) is 1.84. The van der Waals surface area contributed by atoms with Crippen molar-refractivity contribution in [1.82, 2.24) is 0 Å². The van der Waals surface area contributed by atoms with E-state index >= 15 is 0 Å². The van der Waals surface area contributed by atoms with Gasteiger partial charge in [0.25, 0.3) is 0 Å². The van der Waals surface area contributed by atoms with Crippen molar-refractivity contribution >= 4 is 33.0 Å². The minimum absolute atomic E-state index is 0.226. The molecule has 0 fully saturated rings. The lowest BCUT2D eigenvalue weighted by atomic mass is 10.0. The maximum absolute atomic E-state index is 12.9. The molecule has 3 rings (SSSR count). The van der Waals surface area contributed by atoms with Crippen molar-refractivity contribution in [3.05, 3.63) is 58.7 Å². The van der Waals surface area contributed by atoms with Crippen LogP contribution in [0, 0.1) is 11.2 Å². The van der Waals surface area contributed by atoms with E-state index in [2.05, 4.69) is 5.38 Å². The summed E-state index contributed by atoms with van der Waals surface area (Å²) in [6, 6.07) is 12.2. The van der Waals surface area contributed by atoms with Crippen molar-refractivity contribution in [1.29, 1.82) is 0 Å². The van der Waals surface area contributed by atoms with E-state index in [1.54, 1.807) is 12.1 Å². The molecule has 2 aromatic carbocycles. The molecule has 1 radical (unpaired) electrons. The second kappa shape index (κ2) is 4.13. The summed E-state index contributed by atoms with van der Waals surface area (Å²) in [5, 5.41) is 4.88. The van der Waals surface area contributed by atoms with E-state index in [-0.39, 0.29) is 5.82 Å². The average Bonchev–Trinajstić information content (AvgIpc) is 2.81. The zero-order valence-electron chi connectivity index (χ0n) is 8.71. The van der Waals surface area contributed by atoms with Crippen LogP contribution in [-0.4, -0.2) is 0 Å². The lowest BCUT2D eigenvalue weighted by Gasteiger charge is -2.04. The predicted molar refractivity (Wildman–Crippen MR) is 71.1 cm³/mol. The largest absolute Gasteiger partial charge is 0.207 e. The number of fused-ring (bicyclic) bond motifs is 1. The van der Waals surface area contributed by atoms with Crippen LogP contribution in [0.1, 0.15) is 0 Å². The Balaban J connectivity index is 2.27. The Labute approximate surface area is 107 Å². The maximum atomic E-state index is 12.9. The summed E-state index contributed by atoms with van der Waals surface area (Å²) in [4.78, 5) is 0. The van der Waals surface area contributed by atoms with Crippen LogP contribution < -0.4 is 0 Å². The molecule has 0 nitrogen and oxygen atoms in total. The molecule has 0 atom stereocenters. The molecule has 1 aromatic heterocycles. The minimum atomic E-state index is -0.226. The quantitative estimate of drug-likeness (QED) is 0.567. The van der Waals surface area contributed by atoms with E-state index < -0.39 is 0 Å². The first kappa shape index (κ1) is 10.8. The summed E-state index contributed by atoms with van der Waals surface area (Å²) in [6.07, 6.45) is 0. The monoisotopic (exact) mass is 261 g/mol. The van der Waals surface area contributed by atoms with E-state index in [0.717, 1.165) is 26.2 Å². The first-order chi connectivity index (χ1) is 8.25. The molecule has 3 heteroatoms. The lowest BCUT2D eigenvalue weighted by Crippen LogP contribution is -1.80. The fraction of sp³-hybridized carbons (Fsp3) is 0. The highest BCUT2D eigenvalue weighted by atomic mass is 35.5. The SMILES string of the molecule is Fc1ccc(-c2ccc(Cl)c3s[c]cc23)cc1. The smallest absolute Gasteiger partial charge is 0.123 e. The molecule has 0 N–H and O–H groups in total. The third-order valence-electron chi connectivity index (χ3n) is 2.67. The highest BCUT2D eigenvalue weighted by molar-refractivity contribution is 7.17. The van der Waals surface area contributed by atoms with Gasteiger partial charge in [-0.1, -0.05) is 29.8 Å². The van der Waals surface area contributed by atoms with Gasteiger partial charge in [-0.2, -0.15) is 0 Å². The summed E-state index contributed by atoms with van der Waals surface area (Å²) in [5.74, 6) is -0.226. The standard InChI is InChI=1S/C14H7ClFS/c15-13-6-5-11(12-7-8-17-14(12)13)9-1-3-10(16)4-2-9/h1-7H. The van der Waals surface area contributed by atoms with Crippen LogP contribution in [0.2, 0.25) is 5.02 Å². The van der Waals surface area contributed by atoms with Crippen LogP contribution >= 0.6 is 22.9 Å². The van der Waals surface area contributed by atoms with Crippen molar-refractivity contribution in [2.24, 2.45) is 0 Å². The van der Waals surface area contributed by atoms with Gasteiger partial charge in [0.15, 0.2) is 0 Å². The summed E-state index contributed by atoms with van der Waals surface area (Å²) in [7, 11) is 0. The Morgan fingerprint density at radius 1 is 1.06 bits per heavy atom. The first-order valence-corrected chi connectivity index (χ1v) is 6.29. The van der Waals surface area contributed by atoms with Gasteiger partial charge >= 0.3 is 0 Å². The second-order valence-corrected chi connectivity index (χ2v) is 4.96. The molecule has 0 amide bonds. The molecule has 17 heavy (non-hydrogen) atoms. The predicted octanol–water partition coefficient (Wildman–Crippen LogP) is 5.16. The van der Waals surface area contributed by atoms with Crippen LogP contribution in [0.4, 0.5) is 4.39 Å². The molecule has 0 spiro atoms. The lowest BCUT2D eigenvalue weighted by molar-refractivity contribution is 0.628. The van der Waals surface area contributed by atoms with E-state index in [0.29, 0.717) is 0 Å². The molecule has 0 unspecified atom stereocenters. The van der Waals surface area contributed by atoms with Gasteiger partial charge in [-0.25, -0.2) is 4.39 Å². The second-order valence-electron chi connectivity index (χ2n) is 3.71. The summed E-state index contributed by atoms with van der Waals surface area (Å²) < 4.78 is 13.9. The average molecular weight is 262 g/mol. The number of halogens is 2. The Bertz CT molecular complexity index is 670. The minimum Gasteiger partial charge on any atom is -0.207 e. The molecule has 0 saturated carbocycles. The summed E-state index contributed by atoms with van der Waals surface area (Å²) in [5.41, 5.74) is 2.04. The maximum Gasteiger partial charge on any atom is 0.123 e. The molecular weight excluding hydrogens is 255 g/mol. The van der Waals surface area contributed by atoms with Crippen molar-refractivity contribution in [2.75, 3.05) is 0 Å². The van der Waals surface area contributed by atoms with E-state index in [9.17, 15) is 4.39 Å². The van der Waals surface area contributed by atoms with Gasteiger partial charge in [0.1, 0.15) is 5.82 Å². The molecule has 0 aliphatic carbocycles. The van der Waals surface area contributed by atoms with Gasteiger partial charge in [0.2, 0.25) is 0 Å². The molecule has 83 valence electrons. The fourth-order valence-corrected chi connectivity index (χ4v) is 2.87. The van der Waals surface area contributed by atoms with Gasteiger partial charge in [-0.3, -0.25) is 0 Å². The van der Waals surface area contributed by atoms with Crippen LogP contribution in [-0.2, 0) is 0 Å². The van der Waals surface area contributed by atoms with Gasteiger partial charge in [-0.15, -0.1) is 11.3 Å². The van der Waals surface area contributed by atoms with Crippen molar-refractivity contribution in [3.8, 4) is 11.1 Å². The molecule has 0 aliphatic rings. The zero-order valence-corrected chi connectivity index (χ0v) is 10.3. The van der Waals surface area contributed by atoms with Crippen molar-refractivity contribution < 1.29 is 4.39 Å². The summed E-state index contributed by atoms with van der Waals surface area (Å²) >= 11 is 7.61. The van der Waals surface area contributed by atoms with Crippen LogP contribution in [0.25, 0.3) is 21.2 Å². The van der Waals surface area contributed by atoms with E-state index in [1.165, 1.54) is 23.5 Å². The summed E-state index contributed by atoms with van der Waals surface area (Å²) in [6.45, 7) is 0. The Kier molecular flexibility index (Phi) is 2.61. The van der Waals surface area contributed by atoms with Gasteiger partial charge in [-0.05, 0) is 35.4 Å². The van der Waals surface area contributed by atoms with Gasteiger partial charge in [0, 0.05) is 10.8 Å². The molecule has 3 aromatic rings. The number of benzene rings is 2. The molecule has 0 bridgehead atoms. The number of thiophene rings is 1. The third-order valence-corrected chi connectivity index (χ3v) is 3.97. The van der Waals surface area contributed by atoms with Crippen LogP contribution in [0.15, 0.2) is 42.5 Å². The van der Waals surface area contributed by atoms with E-state index in [1.807, 2.05) is 18.2 Å². The fourth-order valence-electron chi connectivity index (χ4n) is 1.85. The number of hydrogen-bond donors (Lipinski definition) is 0. The highest BCUT2D eigenvalue weighted by Crippen LogP contribution is 2.36. The van der Waals surface area contributed by atoms with Gasteiger partial charge < -0.3 is 0 Å². The molecule has 0 saturated heterocycles.